The lowest BCUT2D eigenvalue weighted by atomic mass is 10.3. The SMILES string of the molecule is O=C(O)N1C=CC2=C(C1)OCO2. The first-order valence-electron chi connectivity index (χ1n) is 3.44. The van der Waals surface area contributed by atoms with E-state index in [-0.39, 0.29) is 13.3 Å². The zero-order valence-corrected chi connectivity index (χ0v) is 6.19. The van der Waals surface area contributed by atoms with Gasteiger partial charge in [-0.25, -0.2) is 4.79 Å². The normalized spacial score (nSPS) is 20.2. The highest BCUT2D eigenvalue weighted by atomic mass is 16.7. The maximum atomic E-state index is 10.5. The third-order valence-electron chi connectivity index (χ3n) is 1.69. The third kappa shape index (κ3) is 0.990. The Kier molecular flexibility index (Phi) is 1.43. The van der Waals surface area contributed by atoms with Crippen molar-refractivity contribution < 1.29 is 19.4 Å². The van der Waals surface area contributed by atoms with Crippen LogP contribution in [0.1, 0.15) is 0 Å². The van der Waals surface area contributed by atoms with Gasteiger partial charge in [-0.2, -0.15) is 0 Å². The predicted octanol–water partition coefficient (Wildman–Crippen LogP) is 0.710. The van der Waals surface area contributed by atoms with Gasteiger partial charge in [-0.15, -0.1) is 0 Å². The molecule has 0 bridgehead atoms. The van der Waals surface area contributed by atoms with E-state index in [9.17, 15) is 4.79 Å². The van der Waals surface area contributed by atoms with E-state index in [2.05, 4.69) is 0 Å². The molecule has 0 saturated heterocycles. The van der Waals surface area contributed by atoms with Gasteiger partial charge in [-0.3, -0.25) is 4.90 Å². The first kappa shape index (κ1) is 7.02. The second-order valence-electron chi connectivity index (χ2n) is 2.42. The van der Waals surface area contributed by atoms with Crippen LogP contribution in [0.2, 0.25) is 0 Å². The van der Waals surface area contributed by atoms with Crippen LogP contribution < -0.4 is 0 Å². The largest absolute Gasteiger partial charge is 0.465 e. The van der Waals surface area contributed by atoms with Crippen molar-refractivity contribution in [3.05, 3.63) is 23.8 Å². The van der Waals surface area contributed by atoms with Crippen molar-refractivity contribution in [3.8, 4) is 0 Å². The summed E-state index contributed by atoms with van der Waals surface area (Å²) in [5.74, 6) is 1.22. The van der Waals surface area contributed by atoms with Gasteiger partial charge >= 0.3 is 6.09 Å². The number of allylic oxidation sites excluding steroid dienone is 1. The summed E-state index contributed by atoms with van der Waals surface area (Å²) >= 11 is 0. The Hall–Kier alpha value is -1.65. The maximum Gasteiger partial charge on any atom is 0.411 e. The maximum absolute atomic E-state index is 10.5. The van der Waals surface area contributed by atoms with E-state index < -0.39 is 6.09 Å². The van der Waals surface area contributed by atoms with E-state index >= 15 is 0 Å². The summed E-state index contributed by atoms with van der Waals surface area (Å²) in [6.07, 6.45) is 2.05. The molecular weight excluding hydrogens is 162 g/mol. The van der Waals surface area contributed by atoms with E-state index in [0.29, 0.717) is 11.5 Å². The standard InChI is InChI=1S/C7H7NO4/c9-7(10)8-2-1-5-6(3-8)12-4-11-5/h1-2H,3-4H2,(H,9,10). The van der Waals surface area contributed by atoms with Crippen LogP contribution in [-0.2, 0) is 9.47 Å². The monoisotopic (exact) mass is 169 g/mol. The molecule has 1 N–H and O–H groups in total. The van der Waals surface area contributed by atoms with Crippen LogP contribution in [0.25, 0.3) is 0 Å². The third-order valence-corrected chi connectivity index (χ3v) is 1.69. The summed E-state index contributed by atoms with van der Waals surface area (Å²) < 4.78 is 10.1. The summed E-state index contributed by atoms with van der Waals surface area (Å²) in [5.41, 5.74) is 0. The van der Waals surface area contributed by atoms with E-state index in [1.54, 1.807) is 6.08 Å². The van der Waals surface area contributed by atoms with Gasteiger partial charge in [0.25, 0.3) is 0 Å². The Morgan fingerprint density at radius 2 is 2.42 bits per heavy atom. The molecule has 0 aliphatic carbocycles. The van der Waals surface area contributed by atoms with Crippen LogP contribution in [0.5, 0.6) is 0 Å². The molecule has 0 atom stereocenters. The van der Waals surface area contributed by atoms with Gasteiger partial charge in [0.15, 0.2) is 11.5 Å². The number of hydrogen-bond acceptors (Lipinski definition) is 3. The van der Waals surface area contributed by atoms with E-state index in [1.807, 2.05) is 0 Å². The van der Waals surface area contributed by atoms with Crippen molar-refractivity contribution in [2.45, 2.75) is 0 Å². The summed E-state index contributed by atoms with van der Waals surface area (Å²) in [6, 6.07) is 0. The molecular formula is C7H7NO4. The van der Waals surface area contributed by atoms with Crippen LogP contribution >= 0.6 is 0 Å². The Balaban J connectivity index is 2.15. The van der Waals surface area contributed by atoms with Gasteiger partial charge in [0.2, 0.25) is 6.79 Å². The van der Waals surface area contributed by atoms with Crippen LogP contribution in [-0.4, -0.2) is 29.4 Å². The van der Waals surface area contributed by atoms with E-state index in [0.717, 1.165) is 4.90 Å². The Morgan fingerprint density at radius 3 is 3.17 bits per heavy atom. The summed E-state index contributed by atoms with van der Waals surface area (Å²) in [6.45, 7) is 0.420. The topological polar surface area (TPSA) is 59.0 Å². The number of carbonyl (C=O) groups is 1. The molecule has 5 nitrogen and oxygen atoms in total. The number of rotatable bonds is 0. The first-order chi connectivity index (χ1) is 5.77. The smallest absolute Gasteiger partial charge is 0.411 e. The minimum Gasteiger partial charge on any atom is -0.465 e. The molecule has 2 rings (SSSR count). The molecule has 0 saturated carbocycles. The molecule has 5 heteroatoms. The van der Waals surface area contributed by atoms with Gasteiger partial charge in [-0.05, 0) is 0 Å². The molecule has 0 fully saturated rings. The Labute approximate surface area is 68.5 Å². The highest BCUT2D eigenvalue weighted by Gasteiger charge is 2.23. The summed E-state index contributed by atoms with van der Waals surface area (Å²) in [4.78, 5) is 11.6. The highest BCUT2D eigenvalue weighted by Crippen LogP contribution is 2.22. The van der Waals surface area contributed by atoms with Crippen LogP contribution in [0.15, 0.2) is 23.8 Å². The lowest BCUT2D eigenvalue weighted by molar-refractivity contribution is 0.0709. The second-order valence-corrected chi connectivity index (χ2v) is 2.42. The number of carboxylic acid groups (broad SMARTS) is 1. The zero-order chi connectivity index (χ0) is 8.55. The molecule has 64 valence electrons. The fourth-order valence-electron chi connectivity index (χ4n) is 1.08. The number of amides is 1. The van der Waals surface area contributed by atoms with Crippen LogP contribution in [0.3, 0.4) is 0 Å². The summed E-state index contributed by atoms with van der Waals surface area (Å²) in [5, 5.41) is 8.61. The van der Waals surface area contributed by atoms with E-state index in [1.165, 1.54) is 6.20 Å². The fraction of sp³-hybridized carbons (Fsp3) is 0.286. The van der Waals surface area contributed by atoms with Crippen LogP contribution in [0, 0.1) is 0 Å². The second kappa shape index (κ2) is 2.44. The van der Waals surface area contributed by atoms with Crippen molar-refractivity contribution in [3.63, 3.8) is 0 Å². The van der Waals surface area contributed by atoms with Crippen molar-refractivity contribution in [1.29, 1.82) is 0 Å². The number of hydrogen-bond donors (Lipinski definition) is 1. The predicted molar refractivity (Wildman–Crippen MR) is 37.9 cm³/mol. The van der Waals surface area contributed by atoms with Crippen molar-refractivity contribution in [2.24, 2.45) is 0 Å². The quantitative estimate of drug-likeness (QED) is 0.580. The molecule has 1 amide bonds. The molecule has 0 unspecified atom stereocenters. The zero-order valence-electron chi connectivity index (χ0n) is 6.19. The average molecular weight is 169 g/mol. The van der Waals surface area contributed by atoms with Gasteiger partial charge in [0, 0.05) is 12.3 Å². The Bertz CT molecular complexity index is 281. The van der Waals surface area contributed by atoms with Gasteiger partial charge in [0.1, 0.15) is 0 Å². The number of nitrogens with zero attached hydrogens (tertiary/aromatic N) is 1. The molecule has 0 aromatic carbocycles. The minimum absolute atomic E-state index is 0.183. The molecule has 0 spiro atoms. The summed E-state index contributed by atoms with van der Waals surface area (Å²) in [7, 11) is 0. The lowest BCUT2D eigenvalue weighted by Crippen LogP contribution is -2.28. The fourth-order valence-corrected chi connectivity index (χ4v) is 1.08. The molecule has 0 aromatic rings. The van der Waals surface area contributed by atoms with E-state index in [4.69, 9.17) is 14.6 Å². The molecule has 2 aliphatic rings. The molecule has 12 heavy (non-hydrogen) atoms. The first-order valence-corrected chi connectivity index (χ1v) is 3.44. The van der Waals surface area contributed by atoms with Gasteiger partial charge in [-0.1, -0.05) is 0 Å². The molecule has 0 radical (unpaired) electrons. The number of ether oxygens (including phenoxy) is 2. The minimum atomic E-state index is -0.992. The average Bonchev–Trinajstić information content (AvgIpc) is 2.49. The molecule has 2 heterocycles. The highest BCUT2D eigenvalue weighted by molar-refractivity contribution is 5.67. The van der Waals surface area contributed by atoms with Gasteiger partial charge < -0.3 is 14.6 Å². The molecule has 2 aliphatic heterocycles. The molecule has 0 aromatic heterocycles. The van der Waals surface area contributed by atoms with Crippen LogP contribution in [0.4, 0.5) is 4.79 Å². The van der Waals surface area contributed by atoms with Crippen molar-refractivity contribution in [1.82, 2.24) is 4.90 Å². The van der Waals surface area contributed by atoms with Gasteiger partial charge in [0.05, 0.1) is 6.54 Å². The van der Waals surface area contributed by atoms with Crippen molar-refractivity contribution >= 4 is 6.09 Å². The lowest BCUT2D eigenvalue weighted by Gasteiger charge is -2.16. The van der Waals surface area contributed by atoms with Crippen molar-refractivity contribution in [2.75, 3.05) is 13.3 Å². The Morgan fingerprint density at radius 1 is 1.58 bits per heavy atom.